The Morgan fingerprint density at radius 3 is 2.39 bits per heavy atom. The van der Waals surface area contributed by atoms with Gasteiger partial charge < -0.3 is 14.7 Å². The molecule has 2 aliphatic rings. The Kier molecular flexibility index (Phi) is 4.66. The van der Waals surface area contributed by atoms with Crippen molar-refractivity contribution in [2.75, 3.05) is 40.3 Å². The highest BCUT2D eigenvalue weighted by molar-refractivity contribution is 5.92. The fourth-order valence-corrected chi connectivity index (χ4v) is 3.22. The third-order valence-electron chi connectivity index (χ3n) is 4.88. The minimum absolute atomic E-state index is 0.0934. The van der Waals surface area contributed by atoms with Gasteiger partial charge in [0.05, 0.1) is 11.8 Å². The fraction of sp³-hybridized carbons (Fsp3) is 0.556. The van der Waals surface area contributed by atoms with Crippen LogP contribution in [0, 0.1) is 11.8 Å². The Morgan fingerprint density at radius 2 is 1.74 bits per heavy atom. The maximum atomic E-state index is 12.5. The summed E-state index contributed by atoms with van der Waals surface area (Å²) in [6.45, 7) is 4.01. The van der Waals surface area contributed by atoms with Gasteiger partial charge in [0.25, 0.3) is 0 Å². The van der Waals surface area contributed by atoms with Gasteiger partial charge in [-0.15, -0.1) is 0 Å². The van der Waals surface area contributed by atoms with Crippen molar-refractivity contribution in [2.24, 2.45) is 11.8 Å². The molecular weight excluding hydrogens is 290 g/mol. The number of benzene rings is 1. The molecule has 0 spiro atoms. The van der Waals surface area contributed by atoms with Crippen LogP contribution in [0.25, 0.3) is 0 Å². The van der Waals surface area contributed by atoms with Crippen LogP contribution in [0.15, 0.2) is 30.3 Å². The van der Waals surface area contributed by atoms with Crippen LogP contribution in [0.5, 0.6) is 0 Å². The first-order valence-corrected chi connectivity index (χ1v) is 8.32. The van der Waals surface area contributed by atoms with Crippen LogP contribution >= 0.6 is 0 Å². The third kappa shape index (κ3) is 3.72. The zero-order valence-corrected chi connectivity index (χ0v) is 13.9. The van der Waals surface area contributed by atoms with Crippen LogP contribution in [-0.4, -0.2) is 66.8 Å². The maximum Gasteiger partial charge on any atom is 0.226 e. The highest BCUT2D eigenvalue weighted by Crippen LogP contribution is 2.41. The molecule has 5 nitrogen and oxygen atoms in total. The number of hydrogen-bond donors (Lipinski definition) is 0. The van der Waals surface area contributed by atoms with Crippen LogP contribution in [0.4, 0.5) is 0 Å². The molecule has 5 heteroatoms. The summed E-state index contributed by atoms with van der Waals surface area (Å²) in [4.78, 5) is 30.9. The van der Waals surface area contributed by atoms with E-state index in [1.165, 1.54) is 0 Å². The van der Waals surface area contributed by atoms with Crippen molar-refractivity contribution in [2.45, 2.75) is 13.0 Å². The van der Waals surface area contributed by atoms with E-state index in [4.69, 9.17) is 0 Å². The molecule has 1 aromatic carbocycles. The molecule has 3 rings (SSSR count). The number of carbonyl (C=O) groups is 2. The lowest BCUT2D eigenvalue weighted by Crippen LogP contribution is -2.48. The van der Waals surface area contributed by atoms with Crippen LogP contribution in [0.2, 0.25) is 0 Å². The zero-order chi connectivity index (χ0) is 16.4. The van der Waals surface area contributed by atoms with E-state index in [1.807, 2.05) is 42.3 Å². The van der Waals surface area contributed by atoms with Gasteiger partial charge in [-0.25, -0.2) is 0 Å². The monoisotopic (exact) mass is 315 g/mol. The van der Waals surface area contributed by atoms with Gasteiger partial charge >= 0.3 is 0 Å². The maximum absolute atomic E-state index is 12.5. The molecule has 0 N–H and O–H groups in total. The van der Waals surface area contributed by atoms with Gasteiger partial charge in [0.2, 0.25) is 11.8 Å². The number of amides is 2. The highest BCUT2D eigenvalue weighted by Gasteiger charge is 2.50. The summed E-state index contributed by atoms with van der Waals surface area (Å²) in [6.07, 6.45) is 0.711. The predicted molar refractivity (Wildman–Crippen MR) is 88.6 cm³/mol. The second-order valence-electron chi connectivity index (χ2n) is 6.76. The van der Waals surface area contributed by atoms with Crippen molar-refractivity contribution >= 4 is 11.8 Å². The molecule has 2 fully saturated rings. The zero-order valence-electron chi connectivity index (χ0n) is 13.9. The number of piperazine rings is 1. The van der Waals surface area contributed by atoms with Crippen molar-refractivity contribution in [3.8, 4) is 0 Å². The van der Waals surface area contributed by atoms with Gasteiger partial charge in [-0.1, -0.05) is 30.3 Å². The number of nitrogens with zero attached hydrogens (tertiary/aromatic N) is 3. The Morgan fingerprint density at radius 1 is 1.09 bits per heavy atom. The van der Waals surface area contributed by atoms with Gasteiger partial charge in [-0.2, -0.15) is 0 Å². The predicted octanol–water partition coefficient (Wildman–Crippen LogP) is 1.06. The first kappa shape index (κ1) is 16.0. The average Bonchev–Trinajstić information content (AvgIpc) is 3.35. The van der Waals surface area contributed by atoms with Crippen LogP contribution < -0.4 is 0 Å². The second kappa shape index (κ2) is 6.71. The van der Waals surface area contributed by atoms with Gasteiger partial charge in [0, 0.05) is 39.8 Å². The van der Waals surface area contributed by atoms with E-state index in [-0.39, 0.29) is 23.7 Å². The Bertz CT molecular complexity index is 567. The normalized spacial score (nSPS) is 24.3. The van der Waals surface area contributed by atoms with Gasteiger partial charge in [0.1, 0.15) is 0 Å². The molecule has 0 radical (unpaired) electrons. The average molecular weight is 315 g/mol. The Labute approximate surface area is 137 Å². The SMILES string of the molecule is CN1CCN(C(=O)C2CC2C(=O)N(C)Cc2ccccc2)CC1. The van der Waals surface area contributed by atoms with Crippen molar-refractivity contribution in [1.82, 2.24) is 14.7 Å². The summed E-state index contributed by atoms with van der Waals surface area (Å²) in [7, 11) is 3.90. The van der Waals surface area contributed by atoms with E-state index in [0.717, 1.165) is 31.7 Å². The summed E-state index contributed by atoms with van der Waals surface area (Å²) in [5.41, 5.74) is 1.12. The number of rotatable bonds is 4. The summed E-state index contributed by atoms with van der Waals surface area (Å²) in [6, 6.07) is 9.96. The molecule has 1 aliphatic carbocycles. The molecule has 23 heavy (non-hydrogen) atoms. The van der Waals surface area contributed by atoms with Crippen molar-refractivity contribution < 1.29 is 9.59 Å². The van der Waals surface area contributed by atoms with Crippen molar-refractivity contribution in [3.05, 3.63) is 35.9 Å². The molecule has 0 bridgehead atoms. The molecule has 1 aliphatic heterocycles. The third-order valence-corrected chi connectivity index (χ3v) is 4.88. The van der Waals surface area contributed by atoms with Crippen LogP contribution in [0.1, 0.15) is 12.0 Å². The first-order chi connectivity index (χ1) is 11.1. The Hall–Kier alpha value is -1.88. The quantitative estimate of drug-likeness (QED) is 0.834. The number of carbonyl (C=O) groups excluding carboxylic acids is 2. The molecule has 2 unspecified atom stereocenters. The van der Waals surface area contributed by atoms with Crippen molar-refractivity contribution in [3.63, 3.8) is 0 Å². The van der Waals surface area contributed by atoms with Crippen LogP contribution in [-0.2, 0) is 16.1 Å². The molecular formula is C18H25N3O2. The largest absolute Gasteiger partial charge is 0.341 e. The smallest absolute Gasteiger partial charge is 0.226 e. The number of hydrogen-bond acceptors (Lipinski definition) is 3. The van der Waals surface area contributed by atoms with E-state index in [1.54, 1.807) is 4.90 Å². The van der Waals surface area contributed by atoms with E-state index in [2.05, 4.69) is 11.9 Å². The van der Waals surface area contributed by atoms with Gasteiger partial charge in [0.15, 0.2) is 0 Å². The topological polar surface area (TPSA) is 43.9 Å². The summed E-state index contributed by atoms with van der Waals surface area (Å²) in [5, 5.41) is 0. The summed E-state index contributed by atoms with van der Waals surface area (Å²) >= 11 is 0. The molecule has 1 heterocycles. The molecule has 1 saturated carbocycles. The minimum Gasteiger partial charge on any atom is -0.341 e. The molecule has 2 atom stereocenters. The highest BCUT2D eigenvalue weighted by atomic mass is 16.2. The first-order valence-electron chi connectivity index (χ1n) is 8.32. The standard InChI is InChI=1S/C18H25N3O2/c1-19-8-10-21(11-9-19)18(23)16-12-15(16)17(22)20(2)13-14-6-4-3-5-7-14/h3-7,15-16H,8-13H2,1-2H3. The van der Waals surface area contributed by atoms with E-state index < -0.39 is 0 Å². The van der Waals surface area contributed by atoms with Gasteiger partial charge in [-0.3, -0.25) is 9.59 Å². The molecule has 1 aromatic rings. The lowest BCUT2D eigenvalue weighted by Gasteiger charge is -2.32. The van der Waals surface area contributed by atoms with E-state index in [9.17, 15) is 9.59 Å². The van der Waals surface area contributed by atoms with Gasteiger partial charge in [-0.05, 0) is 19.0 Å². The minimum atomic E-state index is -0.115. The Balaban J connectivity index is 1.51. The summed E-state index contributed by atoms with van der Waals surface area (Å²) < 4.78 is 0. The van der Waals surface area contributed by atoms with Crippen LogP contribution in [0.3, 0.4) is 0 Å². The number of likely N-dealkylation sites (N-methyl/N-ethyl adjacent to an activating group) is 1. The van der Waals surface area contributed by atoms with E-state index >= 15 is 0 Å². The van der Waals surface area contributed by atoms with E-state index in [0.29, 0.717) is 13.0 Å². The molecule has 1 saturated heterocycles. The second-order valence-corrected chi connectivity index (χ2v) is 6.76. The summed E-state index contributed by atoms with van der Waals surface area (Å²) in [5.74, 6) is 0.0610. The lowest BCUT2D eigenvalue weighted by molar-refractivity contribution is -0.138. The lowest BCUT2D eigenvalue weighted by atomic mass is 10.2. The molecule has 0 aromatic heterocycles. The molecule has 2 amide bonds. The molecule has 124 valence electrons. The fourth-order valence-electron chi connectivity index (χ4n) is 3.22. The van der Waals surface area contributed by atoms with Crippen molar-refractivity contribution in [1.29, 1.82) is 0 Å².